The Bertz CT molecular complexity index is 519. The summed E-state index contributed by atoms with van der Waals surface area (Å²) in [4.78, 5) is 25.0. The molecule has 0 radical (unpaired) electrons. The summed E-state index contributed by atoms with van der Waals surface area (Å²) in [5.74, 6) is 0.505. The van der Waals surface area contributed by atoms with E-state index in [1.165, 1.54) is 6.92 Å². The second-order valence-electron chi connectivity index (χ2n) is 4.37. The van der Waals surface area contributed by atoms with Gasteiger partial charge in [-0.1, -0.05) is 15.9 Å². The summed E-state index contributed by atoms with van der Waals surface area (Å²) in [5, 5.41) is 2.73. The van der Waals surface area contributed by atoms with Crippen LogP contribution in [0.15, 0.2) is 18.2 Å². The van der Waals surface area contributed by atoms with E-state index >= 15 is 0 Å². The molecule has 5 nitrogen and oxygen atoms in total. The highest BCUT2D eigenvalue weighted by Crippen LogP contribution is 2.34. The summed E-state index contributed by atoms with van der Waals surface area (Å²) in [7, 11) is 1.57. The zero-order valence-corrected chi connectivity index (χ0v) is 12.4. The van der Waals surface area contributed by atoms with Crippen LogP contribution in [0.5, 0.6) is 5.75 Å². The summed E-state index contributed by atoms with van der Waals surface area (Å²) in [5.41, 5.74) is 1.28. The van der Waals surface area contributed by atoms with E-state index in [2.05, 4.69) is 21.2 Å². The van der Waals surface area contributed by atoms with E-state index in [0.29, 0.717) is 30.1 Å². The fraction of sp³-hybridized carbons (Fsp3) is 0.385. The maximum absolute atomic E-state index is 12.0. The number of nitrogens with one attached hydrogen (secondary N) is 1. The fourth-order valence-electron chi connectivity index (χ4n) is 2.05. The SMILES string of the molecule is COc1ccc(NC(C)=O)c(N2CC(Br)CC2=O)c1. The molecule has 1 saturated heterocycles. The lowest BCUT2D eigenvalue weighted by molar-refractivity contribution is -0.117. The lowest BCUT2D eigenvalue weighted by Gasteiger charge is -2.20. The van der Waals surface area contributed by atoms with Gasteiger partial charge in [0.15, 0.2) is 0 Å². The highest BCUT2D eigenvalue weighted by Gasteiger charge is 2.30. The van der Waals surface area contributed by atoms with Gasteiger partial charge in [0.2, 0.25) is 11.8 Å². The molecule has 0 saturated carbocycles. The quantitative estimate of drug-likeness (QED) is 0.866. The molecule has 1 atom stereocenters. The van der Waals surface area contributed by atoms with E-state index < -0.39 is 0 Å². The molecule has 1 aliphatic heterocycles. The van der Waals surface area contributed by atoms with Crippen molar-refractivity contribution in [3.8, 4) is 5.75 Å². The predicted octanol–water partition coefficient (Wildman–Crippen LogP) is 2.15. The molecule has 0 bridgehead atoms. The number of hydrogen-bond acceptors (Lipinski definition) is 3. The van der Waals surface area contributed by atoms with E-state index in [0.717, 1.165) is 0 Å². The lowest BCUT2D eigenvalue weighted by Crippen LogP contribution is -2.26. The van der Waals surface area contributed by atoms with Crippen LogP contribution in [0.25, 0.3) is 0 Å². The normalized spacial score (nSPS) is 18.6. The number of nitrogens with zero attached hydrogens (tertiary/aromatic N) is 1. The van der Waals surface area contributed by atoms with E-state index in [4.69, 9.17) is 4.74 Å². The van der Waals surface area contributed by atoms with Crippen molar-refractivity contribution in [2.45, 2.75) is 18.2 Å². The number of alkyl halides is 1. The average molecular weight is 327 g/mol. The number of benzene rings is 1. The van der Waals surface area contributed by atoms with Gasteiger partial charge in [0.1, 0.15) is 5.75 Å². The second-order valence-corrected chi connectivity index (χ2v) is 5.66. The van der Waals surface area contributed by atoms with Gasteiger partial charge in [-0.25, -0.2) is 0 Å². The predicted molar refractivity (Wildman–Crippen MR) is 77.0 cm³/mol. The molecule has 0 aliphatic carbocycles. The van der Waals surface area contributed by atoms with Crippen molar-refractivity contribution in [3.05, 3.63) is 18.2 Å². The van der Waals surface area contributed by atoms with Crippen LogP contribution in [0.4, 0.5) is 11.4 Å². The number of anilines is 2. The number of hydrogen-bond donors (Lipinski definition) is 1. The summed E-state index contributed by atoms with van der Waals surface area (Å²) in [6.45, 7) is 2.02. The summed E-state index contributed by atoms with van der Waals surface area (Å²) < 4.78 is 5.17. The molecule has 2 rings (SSSR count). The molecule has 0 aromatic heterocycles. The number of methoxy groups -OCH3 is 1. The minimum Gasteiger partial charge on any atom is -0.497 e. The van der Waals surface area contributed by atoms with Gasteiger partial charge in [-0.15, -0.1) is 0 Å². The number of carbonyl (C=O) groups is 2. The van der Waals surface area contributed by atoms with Crippen LogP contribution in [0.2, 0.25) is 0 Å². The van der Waals surface area contributed by atoms with E-state index in [1.54, 1.807) is 30.2 Å². The first kappa shape index (κ1) is 13.9. The Hall–Kier alpha value is -1.56. The molecule has 0 spiro atoms. The molecule has 6 heteroatoms. The van der Waals surface area contributed by atoms with Gasteiger partial charge >= 0.3 is 0 Å². The van der Waals surface area contributed by atoms with E-state index in [9.17, 15) is 9.59 Å². The Morgan fingerprint density at radius 1 is 1.53 bits per heavy atom. The standard InChI is InChI=1S/C13H15BrN2O3/c1-8(17)15-11-4-3-10(19-2)6-12(11)16-7-9(14)5-13(16)18/h3-4,6,9H,5,7H2,1-2H3,(H,15,17). The van der Waals surface area contributed by atoms with Gasteiger partial charge in [0.25, 0.3) is 0 Å². The molecule has 19 heavy (non-hydrogen) atoms. The number of halogens is 1. The minimum atomic E-state index is -0.173. The monoisotopic (exact) mass is 326 g/mol. The highest BCUT2D eigenvalue weighted by atomic mass is 79.9. The van der Waals surface area contributed by atoms with E-state index in [-0.39, 0.29) is 16.6 Å². The van der Waals surface area contributed by atoms with Gasteiger partial charge in [-0.05, 0) is 12.1 Å². The molecule has 1 aliphatic rings. The maximum Gasteiger partial charge on any atom is 0.228 e. The zero-order valence-electron chi connectivity index (χ0n) is 10.8. The Labute approximate surface area is 120 Å². The Balaban J connectivity index is 2.40. The first-order chi connectivity index (χ1) is 9.01. The Morgan fingerprint density at radius 3 is 2.79 bits per heavy atom. The third-order valence-electron chi connectivity index (χ3n) is 2.88. The lowest BCUT2D eigenvalue weighted by atomic mass is 10.2. The molecule has 1 unspecified atom stereocenters. The van der Waals surface area contributed by atoms with Crippen LogP contribution in [0.1, 0.15) is 13.3 Å². The van der Waals surface area contributed by atoms with Crippen molar-refractivity contribution in [1.29, 1.82) is 0 Å². The van der Waals surface area contributed by atoms with Crippen molar-refractivity contribution in [2.75, 3.05) is 23.9 Å². The van der Waals surface area contributed by atoms with Crippen molar-refractivity contribution in [1.82, 2.24) is 0 Å². The molecule has 1 fully saturated rings. The first-order valence-corrected chi connectivity index (χ1v) is 6.83. The summed E-state index contributed by atoms with van der Waals surface area (Å²) >= 11 is 3.45. The third-order valence-corrected chi connectivity index (χ3v) is 3.50. The molecular formula is C13H15BrN2O3. The maximum atomic E-state index is 12.0. The van der Waals surface area contributed by atoms with Crippen molar-refractivity contribution in [3.63, 3.8) is 0 Å². The molecular weight excluding hydrogens is 312 g/mol. The van der Waals surface area contributed by atoms with Crippen molar-refractivity contribution < 1.29 is 14.3 Å². The largest absolute Gasteiger partial charge is 0.497 e. The summed E-state index contributed by atoms with van der Waals surface area (Å²) in [6, 6.07) is 5.25. The highest BCUT2D eigenvalue weighted by molar-refractivity contribution is 9.09. The van der Waals surface area contributed by atoms with Crippen LogP contribution < -0.4 is 15.0 Å². The smallest absolute Gasteiger partial charge is 0.228 e. The van der Waals surface area contributed by atoms with Crippen LogP contribution >= 0.6 is 15.9 Å². The van der Waals surface area contributed by atoms with Crippen LogP contribution in [0, 0.1) is 0 Å². The molecule has 1 aromatic carbocycles. The first-order valence-electron chi connectivity index (χ1n) is 5.91. The summed E-state index contributed by atoms with van der Waals surface area (Å²) in [6.07, 6.45) is 0.455. The van der Waals surface area contributed by atoms with Gasteiger partial charge in [-0.3, -0.25) is 9.59 Å². The van der Waals surface area contributed by atoms with Crippen LogP contribution in [-0.2, 0) is 9.59 Å². The van der Waals surface area contributed by atoms with Gasteiger partial charge in [0, 0.05) is 30.8 Å². The van der Waals surface area contributed by atoms with Gasteiger partial charge < -0.3 is 15.0 Å². The Morgan fingerprint density at radius 2 is 2.26 bits per heavy atom. The molecule has 1 heterocycles. The van der Waals surface area contributed by atoms with Crippen LogP contribution in [0.3, 0.4) is 0 Å². The molecule has 102 valence electrons. The van der Waals surface area contributed by atoms with Crippen molar-refractivity contribution >= 4 is 39.1 Å². The zero-order chi connectivity index (χ0) is 14.0. The van der Waals surface area contributed by atoms with E-state index in [1.807, 2.05) is 0 Å². The number of ether oxygens (including phenoxy) is 1. The fourth-order valence-corrected chi connectivity index (χ4v) is 2.62. The average Bonchev–Trinajstić information content (AvgIpc) is 2.68. The van der Waals surface area contributed by atoms with Crippen LogP contribution in [-0.4, -0.2) is 30.3 Å². The van der Waals surface area contributed by atoms with Gasteiger partial charge in [0.05, 0.1) is 18.5 Å². The molecule has 2 amide bonds. The second kappa shape index (κ2) is 5.61. The number of amides is 2. The van der Waals surface area contributed by atoms with Gasteiger partial charge in [-0.2, -0.15) is 0 Å². The number of rotatable bonds is 3. The molecule has 1 N–H and O–H groups in total. The number of carbonyl (C=O) groups excluding carboxylic acids is 2. The third kappa shape index (κ3) is 3.07. The molecule has 1 aromatic rings. The van der Waals surface area contributed by atoms with Crippen molar-refractivity contribution in [2.24, 2.45) is 0 Å². The topological polar surface area (TPSA) is 58.6 Å². The minimum absolute atomic E-state index is 0.0294. The Kier molecular flexibility index (Phi) is 4.09.